The van der Waals surface area contributed by atoms with Gasteiger partial charge in [-0.3, -0.25) is 13.7 Å². The maximum Gasteiger partial charge on any atom is 0.269 e. The third kappa shape index (κ3) is 9.13. The third-order valence-electron chi connectivity index (χ3n) is 16.6. The van der Waals surface area contributed by atoms with Crippen molar-refractivity contribution in [2.24, 2.45) is 0 Å². The molecule has 81 heavy (non-hydrogen) atoms. The van der Waals surface area contributed by atoms with Gasteiger partial charge in [0, 0.05) is 23.0 Å². The summed E-state index contributed by atoms with van der Waals surface area (Å²) < 4.78 is 13.8. The Balaban J connectivity index is 1.03. The molecule has 0 saturated heterocycles. The molecule has 4 heterocycles. The fourth-order valence-corrected chi connectivity index (χ4v) is 12.0. The molecule has 3 aromatic heterocycles. The Kier molecular flexibility index (Phi) is 12.1. The second kappa shape index (κ2) is 18.9. The second-order valence-corrected chi connectivity index (χ2v) is 26.4. The van der Waals surface area contributed by atoms with Gasteiger partial charge in [0.15, 0.2) is 0 Å². The number of pyridine rings is 1. The van der Waals surface area contributed by atoms with E-state index in [0.717, 1.165) is 78.4 Å². The van der Waals surface area contributed by atoms with Crippen LogP contribution in [0.15, 0.2) is 206 Å². The van der Waals surface area contributed by atoms with E-state index in [1.54, 1.807) is 0 Å². The molecular formula is C76H70N4O. The molecule has 0 amide bonds. The monoisotopic (exact) mass is 1050 g/mol. The normalized spacial score (nSPS) is 12.7. The minimum Gasteiger partial charge on any atom is -0.458 e. The van der Waals surface area contributed by atoms with Crippen LogP contribution in [0.1, 0.15) is 105 Å². The predicted octanol–water partition coefficient (Wildman–Crippen LogP) is 19.8. The lowest BCUT2D eigenvalue weighted by molar-refractivity contribution is -0.570. The second-order valence-electron chi connectivity index (χ2n) is 26.4. The number of fused-ring (bicyclic) bond motifs is 10. The Labute approximate surface area is 477 Å². The Hall–Kier alpha value is -8.80. The molecule has 12 aromatic rings. The zero-order valence-electron chi connectivity index (χ0n) is 48.8. The lowest BCUT2D eigenvalue weighted by Crippen LogP contribution is -2.32. The van der Waals surface area contributed by atoms with Crippen LogP contribution in [0.25, 0.3) is 106 Å². The number of hydrogen-bond donors (Lipinski definition) is 0. The first-order valence-corrected chi connectivity index (χ1v) is 28.6. The molecule has 0 atom stereocenters. The molecule has 400 valence electrons. The Morgan fingerprint density at radius 3 is 1.69 bits per heavy atom. The van der Waals surface area contributed by atoms with Gasteiger partial charge in [-0.25, -0.2) is 4.98 Å². The standard InChI is InChI=1S/C76H70N4O/c1-73(2,3)51-33-30-48(31-34-51)49-32-36-61-59-22-13-14-23-60(59)64-27-19-29-68-72(64)79(71-58(25-18-26-65(71)66(61)42-49)50-40-53(75(7,8)9)43-54(41-50)76(10,11)12)47-78(68)55-20-17-21-56(45-55)81-57-35-37-63-62-24-15-16-28-67(62)80(69(63)46-57)70-44-52(38-39-77-70)74(4,5)6/h13-46H,1-12H3. The summed E-state index contributed by atoms with van der Waals surface area (Å²) in [5.74, 6) is 2.34. The topological polar surface area (TPSA) is 35.9 Å². The van der Waals surface area contributed by atoms with Crippen LogP contribution in [0.2, 0.25) is 0 Å². The van der Waals surface area contributed by atoms with E-state index < -0.39 is 0 Å². The van der Waals surface area contributed by atoms with Crippen LogP contribution in [0, 0.1) is 6.33 Å². The summed E-state index contributed by atoms with van der Waals surface area (Å²) in [5.41, 5.74) is 22.9. The van der Waals surface area contributed by atoms with E-state index in [-0.39, 0.29) is 21.7 Å². The van der Waals surface area contributed by atoms with E-state index in [2.05, 4.69) is 297 Å². The summed E-state index contributed by atoms with van der Waals surface area (Å²) in [6.45, 7) is 27.5. The van der Waals surface area contributed by atoms with E-state index in [1.165, 1.54) is 61.0 Å². The van der Waals surface area contributed by atoms with Crippen molar-refractivity contribution in [3.05, 3.63) is 235 Å². The summed E-state index contributed by atoms with van der Waals surface area (Å²) in [7, 11) is 0. The molecule has 0 bridgehead atoms. The van der Waals surface area contributed by atoms with E-state index >= 15 is 0 Å². The Morgan fingerprint density at radius 1 is 0.383 bits per heavy atom. The lowest BCUT2D eigenvalue weighted by atomic mass is 9.78. The van der Waals surface area contributed by atoms with Crippen LogP contribution in [0.5, 0.6) is 11.5 Å². The van der Waals surface area contributed by atoms with Gasteiger partial charge in [0.25, 0.3) is 6.33 Å². The maximum atomic E-state index is 6.95. The van der Waals surface area contributed by atoms with Gasteiger partial charge in [-0.05, 0) is 154 Å². The van der Waals surface area contributed by atoms with Crippen LogP contribution < -0.4 is 9.30 Å². The van der Waals surface area contributed by atoms with E-state index in [4.69, 9.17) is 9.72 Å². The molecule has 9 aromatic carbocycles. The van der Waals surface area contributed by atoms with Crippen molar-refractivity contribution in [2.75, 3.05) is 0 Å². The average Bonchev–Trinajstić information content (AvgIpc) is 4.26. The Bertz CT molecular complexity index is 4430. The largest absolute Gasteiger partial charge is 0.458 e. The van der Waals surface area contributed by atoms with Gasteiger partial charge in [-0.15, -0.1) is 0 Å². The van der Waals surface area contributed by atoms with E-state index in [9.17, 15) is 0 Å². The number of nitrogens with zero attached hydrogens (tertiary/aromatic N) is 4. The quantitative estimate of drug-likeness (QED) is 0.123. The molecule has 5 nitrogen and oxygen atoms in total. The molecule has 0 saturated carbocycles. The molecule has 0 N–H and O–H groups in total. The van der Waals surface area contributed by atoms with Crippen molar-refractivity contribution in [1.29, 1.82) is 0 Å². The predicted molar refractivity (Wildman–Crippen MR) is 338 cm³/mol. The summed E-state index contributed by atoms with van der Waals surface area (Å²) in [4.78, 5) is 4.94. The lowest BCUT2D eigenvalue weighted by Gasteiger charge is -2.27. The van der Waals surface area contributed by atoms with Gasteiger partial charge < -0.3 is 4.74 Å². The molecule has 13 rings (SSSR count). The van der Waals surface area contributed by atoms with Crippen LogP contribution in [-0.2, 0) is 21.7 Å². The third-order valence-corrected chi connectivity index (χ3v) is 16.6. The number of benzene rings is 9. The molecule has 0 radical (unpaired) electrons. The SMILES string of the molecule is CC(C)(C)c1ccc(-c2ccc3c(c2)-c2cccc(-c4cc(C(C)(C)C)cc(C(C)(C)C)c4)c2-[n+]2[c-]n(-c4cccc(Oc5ccc6c7ccccc7n(-c7cc(C(C)(C)C)ccn7)c6c5)c4)c4cccc(c42)-c2ccccc2-3)cc1. The zero-order valence-corrected chi connectivity index (χ0v) is 48.8. The number of para-hydroxylation sites is 3. The van der Waals surface area contributed by atoms with Crippen molar-refractivity contribution >= 4 is 32.8 Å². The van der Waals surface area contributed by atoms with Crippen LogP contribution >= 0.6 is 0 Å². The molecule has 0 unspecified atom stereocenters. The highest BCUT2D eigenvalue weighted by molar-refractivity contribution is 6.09. The van der Waals surface area contributed by atoms with Crippen molar-refractivity contribution < 1.29 is 9.30 Å². The van der Waals surface area contributed by atoms with Gasteiger partial charge in [0.1, 0.15) is 17.3 Å². The Morgan fingerprint density at radius 2 is 0.963 bits per heavy atom. The van der Waals surface area contributed by atoms with E-state index in [0.29, 0.717) is 0 Å². The van der Waals surface area contributed by atoms with Gasteiger partial charge in [-0.2, -0.15) is 0 Å². The fourth-order valence-electron chi connectivity index (χ4n) is 12.0. The van der Waals surface area contributed by atoms with Gasteiger partial charge in [0.05, 0.1) is 33.4 Å². The molecule has 0 aliphatic carbocycles. The first-order valence-electron chi connectivity index (χ1n) is 28.6. The molecule has 0 spiro atoms. The minimum atomic E-state index is -0.0859. The van der Waals surface area contributed by atoms with Crippen molar-refractivity contribution in [3.63, 3.8) is 0 Å². The van der Waals surface area contributed by atoms with Crippen molar-refractivity contribution in [1.82, 2.24) is 14.1 Å². The fraction of sp³-hybridized carbons (Fsp3) is 0.211. The molecule has 1 aliphatic rings. The van der Waals surface area contributed by atoms with Crippen LogP contribution in [0.3, 0.4) is 0 Å². The molecule has 1 aliphatic heterocycles. The average molecular weight is 1060 g/mol. The number of ether oxygens (including phenoxy) is 1. The van der Waals surface area contributed by atoms with Crippen LogP contribution in [-0.4, -0.2) is 14.1 Å². The summed E-state index contributed by atoms with van der Waals surface area (Å²) in [6, 6.07) is 73.9. The highest BCUT2D eigenvalue weighted by Gasteiger charge is 2.29. The number of hydrogen-bond acceptors (Lipinski definition) is 2. The van der Waals surface area contributed by atoms with E-state index in [1.807, 2.05) is 12.3 Å². The van der Waals surface area contributed by atoms with Crippen LogP contribution in [0.4, 0.5) is 0 Å². The van der Waals surface area contributed by atoms with Crippen molar-refractivity contribution in [2.45, 2.75) is 105 Å². The van der Waals surface area contributed by atoms with Gasteiger partial charge >= 0.3 is 0 Å². The molecule has 0 fully saturated rings. The van der Waals surface area contributed by atoms with Gasteiger partial charge in [-0.1, -0.05) is 223 Å². The smallest absolute Gasteiger partial charge is 0.269 e. The number of aromatic nitrogens is 4. The summed E-state index contributed by atoms with van der Waals surface area (Å²) in [5, 5.41) is 2.32. The maximum absolute atomic E-state index is 6.95. The first kappa shape index (κ1) is 51.6. The number of imidazole rings is 1. The first-order chi connectivity index (χ1) is 38.7. The highest BCUT2D eigenvalue weighted by atomic mass is 16.5. The molecular weight excluding hydrogens is 985 g/mol. The summed E-state index contributed by atoms with van der Waals surface area (Å²) in [6.07, 6.45) is 5.99. The zero-order chi connectivity index (χ0) is 56.3. The van der Waals surface area contributed by atoms with Crippen molar-refractivity contribution in [3.8, 4) is 84.3 Å². The number of rotatable bonds is 6. The van der Waals surface area contributed by atoms with Gasteiger partial charge in [0.2, 0.25) is 0 Å². The summed E-state index contributed by atoms with van der Waals surface area (Å²) >= 11 is 0. The minimum absolute atomic E-state index is 0.0336. The molecule has 5 heteroatoms. The highest BCUT2D eigenvalue weighted by Crippen LogP contribution is 2.47.